The molecule has 0 heterocycles. The fourth-order valence-electron chi connectivity index (χ4n) is 1.50. The molecule has 0 aromatic rings. The van der Waals surface area contributed by atoms with Crippen molar-refractivity contribution in [2.24, 2.45) is 0 Å². The van der Waals surface area contributed by atoms with Gasteiger partial charge in [0.25, 0.3) is 0 Å². The molecule has 0 fully saturated rings. The number of allylic oxidation sites excluding steroid dienone is 3. The third-order valence-electron chi connectivity index (χ3n) is 2.19. The van der Waals surface area contributed by atoms with Crippen molar-refractivity contribution < 1.29 is 22.7 Å². The molecule has 1 aliphatic carbocycles. The van der Waals surface area contributed by atoms with Crippen molar-refractivity contribution in [3.8, 4) is 0 Å². The quantitative estimate of drug-likeness (QED) is 0.677. The van der Waals surface area contributed by atoms with Crippen molar-refractivity contribution in [3.63, 3.8) is 0 Å². The molecule has 0 saturated carbocycles. The first-order chi connectivity index (χ1) is 8.00. The van der Waals surface area contributed by atoms with Crippen LogP contribution < -0.4 is 0 Å². The standard InChI is InChI=1S/C12H14ClF3O2/c1-11(2,3)18-10(17)8-5-4-7(13)6-9(8)12(14,15)16/h6H,4-5H2,1-3H3. The second kappa shape index (κ2) is 4.96. The molecule has 18 heavy (non-hydrogen) atoms. The second-order valence-corrected chi connectivity index (χ2v) is 5.47. The number of halogens is 4. The summed E-state index contributed by atoms with van der Waals surface area (Å²) in [5.41, 5.74) is -2.19. The van der Waals surface area contributed by atoms with Crippen molar-refractivity contribution in [1.29, 1.82) is 0 Å². The van der Waals surface area contributed by atoms with Gasteiger partial charge in [0, 0.05) is 10.6 Å². The average Bonchev–Trinajstić information content (AvgIpc) is 2.13. The lowest BCUT2D eigenvalue weighted by Gasteiger charge is -2.24. The molecule has 2 nitrogen and oxygen atoms in total. The van der Waals surface area contributed by atoms with Crippen molar-refractivity contribution in [3.05, 3.63) is 22.3 Å². The van der Waals surface area contributed by atoms with Gasteiger partial charge in [-0.15, -0.1) is 0 Å². The number of carbonyl (C=O) groups excluding carboxylic acids is 1. The second-order valence-electron chi connectivity index (χ2n) is 4.98. The highest BCUT2D eigenvalue weighted by Gasteiger charge is 2.39. The number of ether oxygens (including phenoxy) is 1. The molecule has 0 amide bonds. The number of hydrogen-bond donors (Lipinski definition) is 0. The summed E-state index contributed by atoms with van der Waals surface area (Å²) in [6.45, 7) is 4.80. The molecule has 0 unspecified atom stereocenters. The van der Waals surface area contributed by atoms with E-state index in [1.165, 1.54) is 0 Å². The number of esters is 1. The van der Waals surface area contributed by atoms with E-state index >= 15 is 0 Å². The molecule has 6 heteroatoms. The Morgan fingerprint density at radius 1 is 1.28 bits per heavy atom. The molecular weight excluding hydrogens is 269 g/mol. The molecular formula is C12H14ClF3O2. The van der Waals surface area contributed by atoms with Gasteiger partial charge in [0.1, 0.15) is 5.60 Å². The van der Waals surface area contributed by atoms with Gasteiger partial charge in [-0.05, 0) is 39.7 Å². The van der Waals surface area contributed by atoms with Crippen LogP contribution >= 0.6 is 11.6 Å². The summed E-state index contributed by atoms with van der Waals surface area (Å²) >= 11 is 5.60. The lowest BCUT2D eigenvalue weighted by atomic mass is 9.96. The molecule has 0 N–H and O–H groups in total. The molecule has 0 aliphatic heterocycles. The normalized spacial score (nSPS) is 17.6. The Balaban J connectivity index is 3.12. The van der Waals surface area contributed by atoms with E-state index in [4.69, 9.17) is 16.3 Å². The van der Waals surface area contributed by atoms with Crippen LogP contribution in [0.2, 0.25) is 0 Å². The van der Waals surface area contributed by atoms with E-state index in [1.807, 2.05) is 0 Å². The van der Waals surface area contributed by atoms with Crippen LogP contribution in [-0.4, -0.2) is 17.7 Å². The highest BCUT2D eigenvalue weighted by atomic mass is 35.5. The molecule has 0 bridgehead atoms. The maximum Gasteiger partial charge on any atom is 0.416 e. The Bertz CT molecular complexity index is 414. The van der Waals surface area contributed by atoms with Crippen molar-refractivity contribution in [2.45, 2.75) is 45.4 Å². The van der Waals surface area contributed by atoms with E-state index in [9.17, 15) is 18.0 Å². The minimum absolute atomic E-state index is 0.0565. The molecule has 0 aromatic heterocycles. The number of carbonyl (C=O) groups is 1. The Morgan fingerprint density at radius 2 is 1.83 bits per heavy atom. The zero-order chi connectivity index (χ0) is 14.1. The Hall–Kier alpha value is -0.970. The summed E-state index contributed by atoms with van der Waals surface area (Å²) in [6, 6.07) is 0. The average molecular weight is 283 g/mol. The van der Waals surface area contributed by atoms with Gasteiger partial charge in [-0.2, -0.15) is 13.2 Å². The lowest BCUT2D eigenvalue weighted by Crippen LogP contribution is -2.28. The third-order valence-corrected chi connectivity index (χ3v) is 2.49. The summed E-state index contributed by atoms with van der Waals surface area (Å²) in [5.74, 6) is -0.935. The number of hydrogen-bond acceptors (Lipinski definition) is 2. The highest BCUT2D eigenvalue weighted by molar-refractivity contribution is 6.30. The van der Waals surface area contributed by atoms with Crippen LogP contribution in [0.3, 0.4) is 0 Å². The van der Waals surface area contributed by atoms with E-state index in [0.29, 0.717) is 0 Å². The minimum Gasteiger partial charge on any atom is -0.457 e. The number of alkyl halides is 3. The van der Waals surface area contributed by atoms with Crippen LogP contribution in [0.1, 0.15) is 33.6 Å². The third kappa shape index (κ3) is 4.05. The first kappa shape index (κ1) is 15.1. The fraction of sp³-hybridized carbons (Fsp3) is 0.583. The van der Waals surface area contributed by atoms with Gasteiger partial charge in [-0.1, -0.05) is 11.6 Å². The van der Waals surface area contributed by atoms with Crippen LogP contribution in [0.15, 0.2) is 22.3 Å². The fourth-order valence-corrected chi connectivity index (χ4v) is 1.70. The minimum atomic E-state index is -4.60. The summed E-state index contributed by atoms with van der Waals surface area (Å²) in [7, 11) is 0. The van der Waals surface area contributed by atoms with Gasteiger partial charge in [0.15, 0.2) is 0 Å². The molecule has 1 rings (SSSR count). The summed E-state index contributed by atoms with van der Waals surface area (Å²) in [4.78, 5) is 11.7. The SMILES string of the molecule is CC(C)(C)OC(=O)C1=C(C(F)(F)F)C=C(Cl)CC1. The topological polar surface area (TPSA) is 26.3 Å². The predicted molar refractivity (Wildman–Crippen MR) is 62.1 cm³/mol. The van der Waals surface area contributed by atoms with Gasteiger partial charge in [0.2, 0.25) is 0 Å². The van der Waals surface area contributed by atoms with Crippen LogP contribution in [0.4, 0.5) is 13.2 Å². The Labute approximate surface area is 108 Å². The summed E-state index contributed by atoms with van der Waals surface area (Å²) in [6.07, 6.45) is -3.65. The lowest BCUT2D eigenvalue weighted by molar-refractivity contribution is -0.151. The molecule has 0 spiro atoms. The smallest absolute Gasteiger partial charge is 0.416 e. The zero-order valence-electron chi connectivity index (χ0n) is 10.3. The van der Waals surface area contributed by atoms with Gasteiger partial charge in [-0.3, -0.25) is 0 Å². The van der Waals surface area contributed by atoms with Crippen LogP contribution in [-0.2, 0) is 9.53 Å². The Kier molecular flexibility index (Phi) is 4.15. The van der Waals surface area contributed by atoms with Crippen LogP contribution in [0.25, 0.3) is 0 Å². The summed E-state index contributed by atoms with van der Waals surface area (Å²) in [5, 5.41) is 0.0923. The molecule has 0 aromatic carbocycles. The largest absolute Gasteiger partial charge is 0.457 e. The highest BCUT2D eigenvalue weighted by Crippen LogP contribution is 2.37. The van der Waals surface area contributed by atoms with E-state index in [-0.39, 0.29) is 23.4 Å². The van der Waals surface area contributed by atoms with Crippen LogP contribution in [0, 0.1) is 0 Å². The zero-order valence-corrected chi connectivity index (χ0v) is 11.1. The van der Waals surface area contributed by atoms with Gasteiger partial charge < -0.3 is 4.74 Å². The molecule has 0 atom stereocenters. The maximum atomic E-state index is 12.8. The molecule has 102 valence electrons. The molecule has 0 saturated heterocycles. The van der Waals surface area contributed by atoms with E-state index in [1.54, 1.807) is 20.8 Å². The first-order valence-electron chi connectivity index (χ1n) is 5.40. The molecule has 1 aliphatic rings. The van der Waals surface area contributed by atoms with Gasteiger partial charge in [0.05, 0.1) is 5.57 Å². The Morgan fingerprint density at radius 3 is 2.28 bits per heavy atom. The van der Waals surface area contributed by atoms with E-state index in [2.05, 4.69) is 0 Å². The summed E-state index contributed by atoms with van der Waals surface area (Å²) < 4.78 is 43.3. The van der Waals surface area contributed by atoms with E-state index < -0.39 is 23.3 Å². The van der Waals surface area contributed by atoms with E-state index in [0.717, 1.165) is 6.08 Å². The monoisotopic (exact) mass is 282 g/mol. The van der Waals surface area contributed by atoms with Crippen LogP contribution in [0.5, 0.6) is 0 Å². The van der Waals surface area contributed by atoms with Gasteiger partial charge in [-0.25, -0.2) is 4.79 Å². The molecule has 0 radical (unpaired) electrons. The number of rotatable bonds is 1. The first-order valence-corrected chi connectivity index (χ1v) is 5.78. The predicted octanol–water partition coefficient (Wildman–Crippen LogP) is 4.10. The van der Waals surface area contributed by atoms with Gasteiger partial charge >= 0.3 is 12.1 Å². The maximum absolute atomic E-state index is 12.8. The van der Waals surface area contributed by atoms with Crippen molar-refractivity contribution >= 4 is 17.6 Å². The van der Waals surface area contributed by atoms with Crippen molar-refractivity contribution in [2.75, 3.05) is 0 Å². The van der Waals surface area contributed by atoms with Crippen molar-refractivity contribution in [1.82, 2.24) is 0 Å².